The zero-order chi connectivity index (χ0) is 25.2. The number of carbonyl (C=O) groups is 2. The van der Waals surface area contributed by atoms with Crippen LogP contribution in [0.3, 0.4) is 0 Å². The van der Waals surface area contributed by atoms with Crippen molar-refractivity contribution in [1.82, 2.24) is 14.9 Å². The highest BCUT2D eigenvalue weighted by atomic mass is 16.6. The molecule has 8 heteroatoms. The minimum atomic E-state index is -0.613. The molecule has 0 radical (unpaired) electrons. The smallest absolute Gasteiger partial charge is 0.407 e. The normalized spacial score (nSPS) is 12.7. The molecule has 0 aliphatic carbocycles. The fourth-order valence-corrected chi connectivity index (χ4v) is 4.04. The minimum absolute atomic E-state index is 0.147. The molecule has 3 aromatic rings. The van der Waals surface area contributed by atoms with E-state index in [-0.39, 0.29) is 18.2 Å². The lowest BCUT2D eigenvalue weighted by molar-refractivity contribution is 0.0479. The molecule has 1 amide bonds. The molecule has 0 fully saturated rings. The first kappa shape index (κ1) is 25.2. The molecule has 0 aliphatic heterocycles. The van der Waals surface area contributed by atoms with Crippen LogP contribution in [0.4, 0.5) is 4.79 Å². The van der Waals surface area contributed by atoms with Gasteiger partial charge < -0.3 is 19.4 Å². The van der Waals surface area contributed by atoms with E-state index in [0.29, 0.717) is 40.2 Å². The number of aryl methyl sites for hydroxylation is 2. The number of alkyl carbamates (subject to hydrolysis) is 1. The summed E-state index contributed by atoms with van der Waals surface area (Å²) in [4.78, 5) is 41.5. The number of pyridine rings is 2. The largest absolute Gasteiger partial charge is 0.491 e. The van der Waals surface area contributed by atoms with Crippen molar-refractivity contribution in [3.05, 3.63) is 46.0 Å². The maximum absolute atomic E-state index is 13.0. The Hall–Kier alpha value is -3.42. The van der Waals surface area contributed by atoms with Crippen LogP contribution < -0.4 is 15.6 Å². The average molecular weight is 468 g/mol. The Morgan fingerprint density at radius 3 is 2.56 bits per heavy atom. The molecular weight excluding hydrogens is 434 g/mol. The maximum atomic E-state index is 13.0. The molecule has 1 atom stereocenters. The molecule has 2 aromatic heterocycles. The van der Waals surface area contributed by atoms with E-state index in [1.807, 2.05) is 13.8 Å². The summed E-state index contributed by atoms with van der Waals surface area (Å²) >= 11 is 0. The SMILES string of the molecule is Cc1nccc2c1c(=O)n(C)c1cc(OC[C@H](CC(C)C)NC(=O)OC(C)(C)C)c(C=O)cc21. The highest BCUT2D eigenvalue weighted by molar-refractivity contribution is 6.08. The second kappa shape index (κ2) is 9.83. The van der Waals surface area contributed by atoms with Crippen molar-refractivity contribution in [1.29, 1.82) is 0 Å². The molecule has 3 rings (SSSR count). The van der Waals surface area contributed by atoms with E-state index < -0.39 is 11.7 Å². The maximum Gasteiger partial charge on any atom is 0.407 e. The third kappa shape index (κ3) is 5.55. The number of amides is 1. The summed E-state index contributed by atoms with van der Waals surface area (Å²) in [5.74, 6) is 0.650. The number of benzene rings is 1. The lowest BCUT2D eigenvalue weighted by atomic mass is 10.0. The van der Waals surface area contributed by atoms with Crippen LogP contribution in [-0.4, -0.2) is 40.2 Å². The molecule has 0 unspecified atom stereocenters. The fourth-order valence-electron chi connectivity index (χ4n) is 4.04. The van der Waals surface area contributed by atoms with E-state index in [1.165, 1.54) is 0 Å². The van der Waals surface area contributed by atoms with Crippen molar-refractivity contribution in [2.75, 3.05) is 6.61 Å². The van der Waals surface area contributed by atoms with E-state index in [1.54, 1.807) is 63.7 Å². The summed E-state index contributed by atoms with van der Waals surface area (Å²) in [6, 6.07) is 4.90. The molecule has 0 aliphatic rings. The lowest BCUT2D eigenvalue weighted by Gasteiger charge is -2.25. The van der Waals surface area contributed by atoms with Crippen molar-refractivity contribution in [3.63, 3.8) is 0 Å². The van der Waals surface area contributed by atoms with Gasteiger partial charge in [-0.2, -0.15) is 0 Å². The first-order valence-corrected chi connectivity index (χ1v) is 11.4. The summed E-state index contributed by atoms with van der Waals surface area (Å²) in [6.45, 7) is 11.4. The van der Waals surface area contributed by atoms with Gasteiger partial charge in [0.05, 0.1) is 28.2 Å². The molecule has 1 N–H and O–H groups in total. The first-order chi connectivity index (χ1) is 15.9. The molecular formula is C26H33N3O5. The van der Waals surface area contributed by atoms with Gasteiger partial charge in [-0.15, -0.1) is 0 Å². The second-order valence-corrected chi connectivity index (χ2v) is 9.99. The third-order valence-corrected chi connectivity index (χ3v) is 5.48. The number of hydrogen-bond acceptors (Lipinski definition) is 6. The van der Waals surface area contributed by atoms with E-state index in [0.717, 1.165) is 17.1 Å². The number of nitrogens with zero attached hydrogens (tertiary/aromatic N) is 2. The quantitative estimate of drug-likeness (QED) is 0.405. The Bertz CT molecular complexity index is 1290. The molecule has 0 spiro atoms. The van der Waals surface area contributed by atoms with Gasteiger partial charge in [0.1, 0.15) is 18.0 Å². The van der Waals surface area contributed by atoms with Gasteiger partial charge in [0.25, 0.3) is 5.56 Å². The van der Waals surface area contributed by atoms with Crippen LogP contribution in [0.1, 0.15) is 57.1 Å². The average Bonchev–Trinajstić information content (AvgIpc) is 2.73. The second-order valence-electron chi connectivity index (χ2n) is 9.99. The van der Waals surface area contributed by atoms with Crippen LogP contribution >= 0.6 is 0 Å². The van der Waals surface area contributed by atoms with Crippen LogP contribution in [-0.2, 0) is 11.8 Å². The van der Waals surface area contributed by atoms with Crippen LogP contribution in [0.2, 0.25) is 0 Å². The van der Waals surface area contributed by atoms with Crippen molar-refractivity contribution in [2.24, 2.45) is 13.0 Å². The number of nitrogens with one attached hydrogen (secondary N) is 1. The lowest BCUT2D eigenvalue weighted by Crippen LogP contribution is -2.42. The van der Waals surface area contributed by atoms with Gasteiger partial charge in [0.2, 0.25) is 0 Å². The molecule has 8 nitrogen and oxygen atoms in total. The Labute approximate surface area is 199 Å². The molecule has 1 aromatic carbocycles. The zero-order valence-electron chi connectivity index (χ0n) is 20.9. The summed E-state index contributed by atoms with van der Waals surface area (Å²) in [5.41, 5.74) is 0.865. The number of ether oxygens (including phenoxy) is 2. The predicted molar refractivity (Wildman–Crippen MR) is 133 cm³/mol. The fraction of sp³-hybridized carbons (Fsp3) is 0.462. The van der Waals surface area contributed by atoms with Crippen LogP contribution in [0, 0.1) is 12.8 Å². The van der Waals surface area contributed by atoms with Crippen molar-refractivity contribution < 1.29 is 19.1 Å². The van der Waals surface area contributed by atoms with E-state index in [9.17, 15) is 14.4 Å². The molecule has 182 valence electrons. The third-order valence-electron chi connectivity index (χ3n) is 5.48. The van der Waals surface area contributed by atoms with Gasteiger partial charge >= 0.3 is 6.09 Å². The molecule has 34 heavy (non-hydrogen) atoms. The number of carbonyl (C=O) groups excluding carboxylic acids is 2. The first-order valence-electron chi connectivity index (χ1n) is 11.4. The van der Waals surface area contributed by atoms with Gasteiger partial charge in [0, 0.05) is 24.7 Å². The topological polar surface area (TPSA) is 99.5 Å². The number of hydrogen-bond donors (Lipinski definition) is 1. The number of fused-ring (bicyclic) bond motifs is 3. The number of rotatable bonds is 7. The van der Waals surface area contributed by atoms with Gasteiger partial charge in [-0.1, -0.05) is 13.8 Å². The predicted octanol–water partition coefficient (Wildman–Crippen LogP) is 4.53. The Morgan fingerprint density at radius 1 is 1.24 bits per heavy atom. The van der Waals surface area contributed by atoms with E-state index in [4.69, 9.17) is 9.47 Å². The van der Waals surface area contributed by atoms with Crippen molar-refractivity contribution in [2.45, 2.75) is 59.6 Å². The van der Waals surface area contributed by atoms with Crippen LogP contribution in [0.5, 0.6) is 5.75 Å². The molecule has 0 saturated carbocycles. The van der Waals surface area contributed by atoms with Gasteiger partial charge in [0.15, 0.2) is 6.29 Å². The number of aromatic nitrogens is 2. The van der Waals surface area contributed by atoms with Crippen LogP contribution in [0.25, 0.3) is 21.7 Å². The standard InChI is InChI=1S/C26H33N3O5/c1-15(2)10-18(28-25(32)34-26(4,5)6)14-33-22-12-21-20(11-17(22)13-30)19-8-9-27-16(3)23(19)24(31)29(21)7/h8-9,11-13,15,18H,10,14H2,1-7H3,(H,28,32)/t18-/m0/s1. The molecule has 0 bridgehead atoms. The highest BCUT2D eigenvalue weighted by Gasteiger charge is 2.22. The molecule has 2 heterocycles. The van der Waals surface area contributed by atoms with Crippen molar-refractivity contribution in [3.8, 4) is 5.75 Å². The molecule has 0 saturated heterocycles. The van der Waals surface area contributed by atoms with Gasteiger partial charge in [-0.3, -0.25) is 14.6 Å². The Morgan fingerprint density at radius 2 is 1.94 bits per heavy atom. The van der Waals surface area contributed by atoms with E-state index in [2.05, 4.69) is 10.3 Å². The Balaban J connectivity index is 1.97. The summed E-state index contributed by atoms with van der Waals surface area (Å²) in [6.07, 6.45) is 2.53. The number of aldehydes is 1. The summed E-state index contributed by atoms with van der Waals surface area (Å²) < 4.78 is 13.0. The van der Waals surface area contributed by atoms with Crippen LogP contribution in [0.15, 0.2) is 29.2 Å². The minimum Gasteiger partial charge on any atom is -0.491 e. The van der Waals surface area contributed by atoms with Crippen molar-refractivity contribution >= 4 is 34.1 Å². The highest BCUT2D eigenvalue weighted by Crippen LogP contribution is 2.30. The van der Waals surface area contributed by atoms with Gasteiger partial charge in [-0.05, 0) is 57.6 Å². The Kier molecular flexibility index (Phi) is 7.29. The zero-order valence-corrected chi connectivity index (χ0v) is 20.9. The summed E-state index contributed by atoms with van der Waals surface area (Å²) in [5, 5.41) is 4.90. The van der Waals surface area contributed by atoms with Gasteiger partial charge in [-0.25, -0.2) is 4.79 Å². The van der Waals surface area contributed by atoms with E-state index >= 15 is 0 Å². The summed E-state index contributed by atoms with van der Waals surface area (Å²) in [7, 11) is 1.69. The monoisotopic (exact) mass is 467 g/mol.